The van der Waals surface area contributed by atoms with E-state index < -0.39 is 5.97 Å². The molecule has 0 radical (unpaired) electrons. The van der Waals surface area contributed by atoms with Gasteiger partial charge < -0.3 is 4.74 Å². The first kappa shape index (κ1) is 17.2. The molecule has 2 aromatic rings. The van der Waals surface area contributed by atoms with Crippen LogP contribution >= 0.6 is 15.9 Å². The van der Waals surface area contributed by atoms with Crippen molar-refractivity contribution in [2.75, 3.05) is 6.61 Å². The van der Waals surface area contributed by atoms with Crippen LogP contribution < -0.4 is 0 Å². The van der Waals surface area contributed by atoms with Crippen molar-refractivity contribution >= 4 is 33.8 Å². The van der Waals surface area contributed by atoms with E-state index in [1.165, 1.54) is 0 Å². The Morgan fingerprint density at radius 3 is 2.52 bits per heavy atom. The second kappa shape index (κ2) is 7.88. The number of carbonyl (C=O) groups excluding carboxylic acids is 2. The summed E-state index contributed by atoms with van der Waals surface area (Å²) >= 11 is 3.34. The predicted molar refractivity (Wildman–Crippen MR) is 94.3 cm³/mol. The van der Waals surface area contributed by atoms with Gasteiger partial charge in [0.2, 0.25) is 0 Å². The summed E-state index contributed by atoms with van der Waals surface area (Å²) in [5, 5.41) is 0. The van der Waals surface area contributed by atoms with Gasteiger partial charge in [0.15, 0.2) is 5.78 Å². The van der Waals surface area contributed by atoms with Crippen molar-refractivity contribution in [1.29, 1.82) is 0 Å². The van der Waals surface area contributed by atoms with Crippen molar-refractivity contribution in [3.05, 3.63) is 75.3 Å². The average molecular weight is 373 g/mol. The summed E-state index contributed by atoms with van der Waals surface area (Å²) in [6, 6.07) is 14.5. The maximum atomic E-state index is 12.7. The zero-order chi connectivity index (χ0) is 16.8. The number of Topliss-reactive ketones (excluding diaryl/α,β-unsaturated/α-hetero) is 1. The molecule has 0 aliphatic carbocycles. The fourth-order valence-corrected chi connectivity index (χ4v) is 2.51. The van der Waals surface area contributed by atoms with Crippen molar-refractivity contribution in [3.63, 3.8) is 0 Å². The van der Waals surface area contributed by atoms with E-state index in [0.29, 0.717) is 5.56 Å². The highest BCUT2D eigenvalue weighted by Crippen LogP contribution is 2.19. The maximum absolute atomic E-state index is 12.7. The minimum Gasteiger partial charge on any atom is -0.462 e. The summed E-state index contributed by atoms with van der Waals surface area (Å²) in [5.41, 5.74) is 2.27. The lowest BCUT2D eigenvalue weighted by Gasteiger charge is -2.08. The van der Waals surface area contributed by atoms with Gasteiger partial charge in [0, 0.05) is 10.0 Å². The first-order valence-electron chi connectivity index (χ1n) is 7.27. The third-order valence-corrected chi connectivity index (χ3v) is 3.81. The predicted octanol–water partition coefficient (Wildman–Crippen LogP) is 4.59. The van der Waals surface area contributed by atoms with Gasteiger partial charge in [-0.05, 0) is 43.2 Å². The molecule has 0 saturated carbocycles. The van der Waals surface area contributed by atoms with Gasteiger partial charge >= 0.3 is 5.97 Å². The number of ether oxygens (including phenoxy) is 1. The smallest absolute Gasteiger partial charge is 0.342 e. The highest BCUT2D eigenvalue weighted by Gasteiger charge is 2.21. The molecule has 0 heterocycles. The Morgan fingerprint density at radius 1 is 1.13 bits per heavy atom. The van der Waals surface area contributed by atoms with Crippen LogP contribution in [0.25, 0.3) is 6.08 Å². The van der Waals surface area contributed by atoms with Gasteiger partial charge in [-0.25, -0.2) is 4.79 Å². The highest BCUT2D eigenvalue weighted by atomic mass is 79.9. The Kier molecular flexibility index (Phi) is 5.88. The number of hydrogen-bond acceptors (Lipinski definition) is 3. The molecule has 0 aliphatic rings. The van der Waals surface area contributed by atoms with Crippen LogP contribution in [0.2, 0.25) is 0 Å². The van der Waals surface area contributed by atoms with Crippen LogP contribution in [0.5, 0.6) is 0 Å². The van der Waals surface area contributed by atoms with Gasteiger partial charge in [-0.2, -0.15) is 0 Å². The average Bonchev–Trinajstić information content (AvgIpc) is 2.53. The summed E-state index contributed by atoms with van der Waals surface area (Å²) in [7, 11) is 0. The number of halogens is 1. The van der Waals surface area contributed by atoms with E-state index >= 15 is 0 Å². The fourth-order valence-electron chi connectivity index (χ4n) is 2.12. The molecule has 2 aromatic carbocycles. The zero-order valence-corrected chi connectivity index (χ0v) is 14.6. The van der Waals surface area contributed by atoms with Crippen LogP contribution in [-0.2, 0) is 9.53 Å². The van der Waals surface area contributed by atoms with E-state index in [-0.39, 0.29) is 18.0 Å². The number of ketones is 1. The topological polar surface area (TPSA) is 43.4 Å². The molecule has 0 saturated heterocycles. The lowest BCUT2D eigenvalue weighted by atomic mass is 9.99. The van der Waals surface area contributed by atoms with Crippen molar-refractivity contribution in [2.24, 2.45) is 0 Å². The van der Waals surface area contributed by atoms with Crippen LogP contribution in [-0.4, -0.2) is 18.4 Å². The molecule has 0 aromatic heterocycles. The Labute approximate surface area is 144 Å². The number of esters is 1. The molecule has 3 nitrogen and oxygen atoms in total. The minimum atomic E-state index is -0.610. The molecule has 0 fully saturated rings. The molecular weight excluding hydrogens is 356 g/mol. The largest absolute Gasteiger partial charge is 0.462 e. The van der Waals surface area contributed by atoms with Crippen molar-refractivity contribution in [3.8, 4) is 0 Å². The van der Waals surface area contributed by atoms with E-state index in [1.54, 1.807) is 31.2 Å². The van der Waals surface area contributed by atoms with Crippen molar-refractivity contribution in [2.45, 2.75) is 13.8 Å². The standard InChI is InChI=1S/C19H17BrO3/c1-3-23-19(22)17(12-14-8-5-4-7-13(14)2)18(21)15-9-6-10-16(20)11-15/h4-12H,3H2,1-2H3. The molecule has 23 heavy (non-hydrogen) atoms. The van der Waals surface area contributed by atoms with E-state index in [2.05, 4.69) is 15.9 Å². The van der Waals surface area contributed by atoms with Gasteiger partial charge in [-0.1, -0.05) is 52.3 Å². The van der Waals surface area contributed by atoms with Crippen LogP contribution in [0.15, 0.2) is 58.6 Å². The van der Waals surface area contributed by atoms with E-state index in [9.17, 15) is 9.59 Å². The van der Waals surface area contributed by atoms with E-state index in [0.717, 1.165) is 15.6 Å². The molecule has 0 unspecified atom stereocenters. The molecular formula is C19H17BrO3. The van der Waals surface area contributed by atoms with Crippen molar-refractivity contribution in [1.82, 2.24) is 0 Å². The normalized spacial score (nSPS) is 11.2. The summed E-state index contributed by atoms with van der Waals surface area (Å²) in [4.78, 5) is 25.0. The second-order valence-electron chi connectivity index (χ2n) is 4.97. The minimum absolute atomic E-state index is 0.0271. The molecule has 4 heteroatoms. The molecule has 2 rings (SSSR count). The molecule has 0 bridgehead atoms. The zero-order valence-electron chi connectivity index (χ0n) is 13.0. The number of hydrogen-bond donors (Lipinski definition) is 0. The summed E-state index contributed by atoms with van der Waals surface area (Å²) in [5.74, 6) is -0.964. The van der Waals surface area contributed by atoms with E-state index in [1.807, 2.05) is 37.3 Å². The number of benzene rings is 2. The maximum Gasteiger partial charge on any atom is 0.342 e. The van der Waals surface area contributed by atoms with Gasteiger partial charge in [0.25, 0.3) is 0 Å². The van der Waals surface area contributed by atoms with Crippen LogP contribution in [0.1, 0.15) is 28.4 Å². The van der Waals surface area contributed by atoms with Gasteiger partial charge in [-0.3, -0.25) is 4.79 Å². The number of carbonyl (C=O) groups is 2. The van der Waals surface area contributed by atoms with Crippen molar-refractivity contribution < 1.29 is 14.3 Å². The van der Waals surface area contributed by atoms with Gasteiger partial charge in [0.05, 0.1) is 6.61 Å². The lowest BCUT2D eigenvalue weighted by molar-refractivity contribution is -0.137. The van der Waals surface area contributed by atoms with E-state index in [4.69, 9.17) is 4.74 Å². The Balaban J connectivity index is 2.48. The Bertz CT molecular complexity index is 763. The van der Waals surface area contributed by atoms with Crippen LogP contribution in [0.4, 0.5) is 0 Å². The van der Waals surface area contributed by atoms with Gasteiger partial charge in [-0.15, -0.1) is 0 Å². The second-order valence-corrected chi connectivity index (χ2v) is 5.89. The van der Waals surface area contributed by atoms with Crippen LogP contribution in [0, 0.1) is 6.92 Å². The summed E-state index contributed by atoms with van der Waals surface area (Å²) < 4.78 is 5.83. The molecule has 0 atom stereocenters. The third kappa shape index (κ3) is 4.39. The molecule has 0 spiro atoms. The molecule has 0 N–H and O–H groups in total. The summed E-state index contributed by atoms with van der Waals surface area (Å²) in [6.07, 6.45) is 1.59. The Morgan fingerprint density at radius 2 is 1.87 bits per heavy atom. The SMILES string of the molecule is CCOC(=O)C(=Cc1ccccc1C)C(=O)c1cccc(Br)c1. The molecule has 0 aliphatic heterocycles. The van der Waals surface area contributed by atoms with Crippen LogP contribution in [0.3, 0.4) is 0 Å². The third-order valence-electron chi connectivity index (χ3n) is 3.32. The monoisotopic (exact) mass is 372 g/mol. The van der Waals surface area contributed by atoms with Gasteiger partial charge in [0.1, 0.15) is 5.57 Å². The summed E-state index contributed by atoms with van der Waals surface area (Å²) in [6.45, 7) is 3.86. The Hall–Kier alpha value is -2.20. The highest BCUT2D eigenvalue weighted by molar-refractivity contribution is 9.10. The molecule has 0 amide bonds. The molecule has 118 valence electrons. The first-order chi connectivity index (χ1) is 11.0. The number of aryl methyl sites for hydroxylation is 1. The lowest BCUT2D eigenvalue weighted by Crippen LogP contribution is -2.16. The quantitative estimate of drug-likeness (QED) is 0.253. The first-order valence-corrected chi connectivity index (χ1v) is 8.07. The fraction of sp³-hybridized carbons (Fsp3) is 0.158. The number of rotatable bonds is 5.